The number of aryl methyl sites for hydroxylation is 2. The number of hydrogen-bond acceptors (Lipinski definition) is 5. The zero-order chi connectivity index (χ0) is 21.7. The van der Waals surface area contributed by atoms with Crippen LogP contribution in [-0.2, 0) is 9.53 Å². The van der Waals surface area contributed by atoms with E-state index in [0.717, 1.165) is 16.7 Å². The Balaban J connectivity index is 1.67. The number of benzene rings is 2. The van der Waals surface area contributed by atoms with Gasteiger partial charge >= 0.3 is 0 Å². The highest BCUT2D eigenvalue weighted by atomic mass is 35.5. The van der Waals surface area contributed by atoms with Crippen LogP contribution in [0.3, 0.4) is 0 Å². The molecular weight excluding hydrogens is 402 g/mol. The largest absolute Gasteiger partial charge is 0.375 e. The first-order valence-corrected chi connectivity index (χ1v) is 10.1. The Morgan fingerprint density at radius 2 is 2.00 bits per heavy atom. The predicted octanol–water partition coefficient (Wildman–Crippen LogP) is 4.05. The second kappa shape index (κ2) is 9.84. The molecule has 3 rings (SSSR count). The summed E-state index contributed by atoms with van der Waals surface area (Å²) in [7, 11) is 1.63. The Kier molecular flexibility index (Phi) is 7.20. The van der Waals surface area contributed by atoms with E-state index in [-0.39, 0.29) is 24.6 Å². The summed E-state index contributed by atoms with van der Waals surface area (Å²) in [5.74, 6) is 1.08. The lowest BCUT2D eigenvalue weighted by atomic mass is 10.0. The third-order valence-electron chi connectivity index (χ3n) is 4.79. The molecule has 0 saturated heterocycles. The first-order valence-electron chi connectivity index (χ1n) is 9.69. The molecule has 0 spiro atoms. The highest BCUT2D eigenvalue weighted by Gasteiger charge is 2.22. The Bertz CT molecular complexity index is 1020. The standard InChI is InChI=1S/C22H26ClN5O2/c1-13-9-10-17(22-25-15(3)27-28-22)19(11-13)26-20(29)12-24-14(2)21(30-4)16-7-5-6-8-18(16)23/h5-11,14,21,24H,12H2,1-4H3,(H,26,29)(H,25,27,28). The van der Waals surface area contributed by atoms with Gasteiger partial charge in [-0.1, -0.05) is 35.9 Å². The molecule has 2 atom stereocenters. The van der Waals surface area contributed by atoms with Gasteiger partial charge in [-0.2, -0.15) is 5.10 Å². The van der Waals surface area contributed by atoms with Crippen LogP contribution in [0, 0.1) is 13.8 Å². The summed E-state index contributed by atoms with van der Waals surface area (Å²) in [6, 6.07) is 13.2. The Hall–Kier alpha value is -2.74. The molecule has 2 unspecified atom stereocenters. The molecular formula is C22H26ClN5O2. The van der Waals surface area contributed by atoms with Gasteiger partial charge in [-0.05, 0) is 44.5 Å². The van der Waals surface area contributed by atoms with Gasteiger partial charge in [-0.3, -0.25) is 9.89 Å². The summed E-state index contributed by atoms with van der Waals surface area (Å²) < 4.78 is 5.63. The van der Waals surface area contributed by atoms with Crippen LogP contribution in [0.4, 0.5) is 5.69 Å². The van der Waals surface area contributed by atoms with E-state index in [4.69, 9.17) is 16.3 Å². The molecule has 0 bridgehead atoms. The van der Waals surface area contributed by atoms with Gasteiger partial charge in [-0.25, -0.2) is 4.98 Å². The zero-order valence-corrected chi connectivity index (χ0v) is 18.2. The maximum Gasteiger partial charge on any atom is 0.238 e. The average molecular weight is 428 g/mol. The summed E-state index contributed by atoms with van der Waals surface area (Å²) >= 11 is 6.30. The van der Waals surface area contributed by atoms with Gasteiger partial charge in [0.05, 0.1) is 18.3 Å². The third-order valence-corrected chi connectivity index (χ3v) is 5.14. The summed E-state index contributed by atoms with van der Waals surface area (Å²) in [6.45, 7) is 5.88. The number of nitrogens with one attached hydrogen (secondary N) is 3. The van der Waals surface area contributed by atoms with Gasteiger partial charge in [0.1, 0.15) is 5.82 Å². The number of anilines is 1. The smallest absolute Gasteiger partial charge is 0.238 e. The van der Waals surface area contributed by atoms with Crippen molar-refractivity contribution in [2.75, 3.05) is 19.0 Å². The maximum atomic E-state index is 12.6. The third kappa shape index (κ3) is 5.24. The molecule has 1 amide bonds. The molecule has 7 nitrogen and oxygen atoms in total. The summed E-state index contributed by atoms with van der Waals surface area (Å²) in [5, 5.41) is 13.8. The van der Waals surface area contributed by atoms with Crippen molar-refractivity contribution >= 4 is 23.2 Å². The molecule has 3 aromatic rings. The number of H-pyrrole nitrogens is 1. The normalized spacial score (nSPS) is 13.1. The van der Waals surface area contributed by atoms with Gasteiger partial charge in [-0.15, -0.1) is 0 Å². The second-order valence-corrected chi connectivity index (χ2v) is 7.60. The minimum atomic E-state index is -0.280. The minimum Gasteiger partial charge on any atom is -0.375 e. The van der Waals surface area contributed by atoms with Crippen LogP contribution in [-0.4, -0.2) is 40.8 Å². The first kappa shape index (κ1) is 22.0. The molecule has 0 fully saturated rings. The van der Waals surface area contributed by atoms with Crippen molar-refractivity contribution in [2.45, 2.75) is 32.9 Å². The van der Waals surface area contributed by atoms with Gasteiger partial charge in [0.25, 0.3) is 0 Å². The lowest BCUT2D eigenvalue weighted by Crippen LogP contribution is -2.38. The fraction of sp³-hybridized carbons (Fsp3) is 0.318. The molecule has 0 aliphatic rings. The highest BCUT2D eigenvalue weighted by molar-refractivity contribution is 6.31. The fourth-order valence-electron chi connectivity index (χ4n) is 3.28. The SMILES string of the molecule is COC(c1ccccc1Cl)C(C)NCC(=O)Nc1cc(C)ccc1-c1n[nH]c(C)n1. The number of aromatic nitrogens is 3. The lowest BCUT2D eigenvalue weighted by Gasteiger charge is -2.25. The lowest BCUT2D eigenvalue weighted by molar-refractivity contribution is -0.115. The molecule has 0 aliphatic carbocycles. The maximum absolute atomic E-state index is 12.6. The van der Waals surface area contributed by atoms with Crippen molar-refractivity contribution in [3.63, 3.8) is 0 Å². The molecule has 1 aromatic heterocycles. The number of hydrogen-bond donors (Lipinski definition) is 3. The fourth-order valence-corrected chi connectivity index (χ4v) is 3.52. The van der Waals surface area contributed by atoms with Crippen LogP contribution >= 0.6 is 11.6 Å². The van der Waals surface area contributed by atoms with Crippen molar-refractivity contribution in [2.24, 2.45) is 0 Å². The minimum absolute atomic E-state index is 0.117. The zero-order valence-electron chi connectivity index (χ0n) is 17.5. The van der Waals surface area contributed by atoms with Crippen molar-refractivity contribution in [1.82, 2.24) is 20.5 Å². The number of carbonyl (C=O) groups excluding carboxylic acids is 1. The highest BCUT2D eigenvalue weighted by Crippen LogP contribution is 2.28. The van der Waals surface area contributed by atoms with Gasteiger partial charge in [0.2, 0.25) is 5.91 Å². The molecule has 0 radical (unpaired) electrons. The molecule has 3 N–H and O–H groups in total. The Morgan fingerprint density at radius 1 is 1.23 bits per heavy atom. The summed E-state index contributed by atoms with van der Waals surface area (Å²) in [5.41, 5.74) is 3.34. The van der Waals surface area contributed by atoms with E-state index in [0.29, 0.717) is 22.4 Å². The molecule has 8 heteroatoms. The monoisotopic (exact) mass is 427 g/mol. The van der Waals surface area contributed by atoms with Crippen molar-refractivity contribution in [3.05, 3.63) is 64.4 Å². The molecule has 30 heavy (non-hydrogen) atoms. The Morgan fingerprint density at radius 3 is 2.67 bits per heavy atom. The van der Waals surface area contributed by atoms with Crippen molar-refractivity contribution in [1.29, 1.82) is 0 Å². The van der Waals surface area contributed by atoms with Crippen LogP contribution in [0.2, 0.25) is 5.02 Å². The van der Waals surface area contributed by atoms with Crippen LogP contribution in [0.15, 0.2) is 42.5 Å². The second-order valence-electron chi connectivity index (χ2n) is 7.19. The van der Waals surface area contributed by atoms with E-state index >= 15 is 0 Å². The molecule has 1 heterocycles. The van der Waals surface area contributed by atoms with Crippen molar-refractivity contribution < 1.29 is 9.53 Å². The number of ether oxygens (including phenoxy) is 1. The number of nitrogens with zero attached hydrogens (tertiary/aromatic N) is 2. The number of carbonyl (C=O) groups is 1. The number of methoxy groups -OCH3 is 1. The number of amides is 1. The van der Waals surface area contributed by atoms with Gasteiger partial charge in [0.15, 0.2) is 5.82 Å². The van der Waals surface area contributed by atoms with Gasteiger partial charge in [0, 0.05) is 29.3 Å². The average Bonchev–Trinajstić information content (AvgIpc) is 3.14. The van der Waals surface area contributed by atoms with E-state index in [1.165, 1.54) is 0 Å². The first-order chi connectivity index (χ1) is 14.4. The predicted molar refractivity (Wildman–Crippen MR) is 119 cm³/mol. The topological polar surface area (TPSA) is 91.9 Å². The number of aromatic amines is 1. The van der Waals surface area contributed by atoms with Crippen molar-refractivity contribution in [3.8, 4) is 11.4 Å². The summed E-state index contributed by atoms with van der Waals surface area (Å²) in [6.07, 6.45) is -0.280. The summed E-state index contributed by atoms with van der Waals surface area (Å²) in [4.78, 5) is 17.0. The number of rotatable bonds is 8. The number of halogens is 1. The van der Waals surface area contributed by atoms with E-state index in [1.807, 2.05) is 63.2 Å². The van der Waals surface area contributed by atoms with Crippen LogP contribution < -0.4 is 10.6 Å². The molecule has 0 aliphatic heterocycles. The van der Waals surface area contributed by atoms with Crippen LogP contribution in [0.25, 0.3) is 11.4 Å². The quantitative estimate of drug-likeness (QED) is 0.504. The Labute approximate surface area is 181 Å². The van der Waals surface area contributed by atoms with E-state index < -0.39 is 0 Å². The van der Waals surface area contributed by atoms with Crippen LogP contribution in [0.5, 0.6) is 0 Å². The van der Waals surface area contributed by atoms with E-state index in [9.17, 15) is 4.79 Å². The van der Waals surface area contributed by atoms with Crippen LogP contribution in [0.1, 0.15) is 30.0 Å². The molecule has 0 saturated carbocycles. The molecule has 2 aromatic carbocycles. The van der Waals surface area contributed by atoms with Gasteiger partial charge < -0.3 is 15.4 Å². The molecule has 158 valence electrons. The van der Waals surface area contributed by atoms with E-state index in [1.54, 1.807) is 7.11 Å². The van der Waals surface area contributed by atoms with E-state index in [2.05, 4.69) is 25.8 Å².